The smallest absolute Gasteiger partial charge is 0.0360 e. The van der Waals surface area contributed by atoms with E-state index in [-0.39, 0.29) is 0 Å². The van der Waals surface area contributed by atoms with Crippen molar-refractivity contribution in [1.29, 1.82) is 0 Å². The van der Waals surface area contributed by atoms with Crippen molar-refractivity contribution in [3.05, 3.63) is 30.3 Å². The lowest BCUT2D eigenvalue weighted by atomic mass is 9.89. The Kier molecular flexibility index (Phi) is 8.66. The van der Waals surface area contributed by atoms with Crippen LogP contribution in [0.1, 0.15) is 71.1 Å². The van der Waals surface area contributed by atoms with Gasteiger partial charge in [0.05, 0.1) is 0 Å². The van der Waals surface area contributed by atoms with E-state index >= 15 is 0 Å². The van der Waals surface area contributed by atoms with Gasteiger partial charge in [0.1, 0.15) is 0 Å². The van der Waals surface area contributed by atoms with Crippen LogP contribution in [0.2, 0.25) is 0 Å². The second-order valence-electron chi connectivity index (χ2n) is 7.64. The molecule has 0 heterocycles. The van der Waals surface area contributed by atoms with Crippen LogP contribution in [-0.2, 0) is 0 Å². The number of anilines is 1. The third kappa shape index (κ3) is 6.12. The average Bonchev–Trinajstić information content (AvgIpc) is 2.65. The molecule has 3 rings (SSSR count). The van der Waals surface area contributed by atoms with Crippen molar-refractivity contribution >= 4 is 5.69 Å². The summed E-state index contributed by atoms with van der Waals surface area (Å²) in [6.45, 7) is 3.65. The summed E-state index contributed by atoms with van der Waals surface area (Å²) in [7, 11) is 4.07. The van der Waals surface area contributed by atoms with E-state index in [4.69, 9.17) is 0 Å². The highest BCUT2D eigenvalue weighted by atomic mass is 15.2. The molecule has 0 N–H and O–H groups in total. The summed E-state index contributed by atoms with van der Waals surface area (Å²) in [6.07, 6.45) is 14.8. The summed E-state index contributed by atoms with van der Waals surface area (Å²) >= 11 is 0. The maximum absolute atomic E-state index is 2.85. The van der Waals surface area contributed by atoms with Gasteiger partial charge in [-0.25, -0.2) is 0 Å². The zero-order valence-corrected chi connectivity index (χ0v) is 16.2. The van der Waals surface area contributed by atoms with Gasteiger partial charge >= 0.3 is 0 Å². The second kappa shape index (κ2) is 10.8. The molecule has 0 saturated heterocycles. The normalized spacial score (nSPS) is 19.7. The molecule has 0 spiro atoms. The number of rotatable bonds is 4. The molecule has 2 saturated carbocycles. The van der Waals surface area contributed by atoms with E-state index in [0.717, 1.165) is 12.1 Å². The van der Waals surface area contributed by atoms with Crippen LogP contribution in [0.25, 0.3) is 0 Å². The Hall–Kier alpha value is -1.02. The van der Waals surface area contributed by atoms with Crippen LogP contribution in [0.15, 0.2) is 30.3 Å². The van der Waals surface area contributed by atoms with E-state index < -0.39 is 0 Å². The maximum atomic E-state index is 2.85. The third-order valence-corrected chi connectivity index (χ3v) is 5.73. The Bertz CT molecular complexity index is 399. The van der Waals surface area contributed by atoms with Crippen LogP contribution in [0.5, 0.6) is 0 Å². The molecule has 2 heteroatoms. The Balaban J connectivity index is 0.000000198. The fourth-order valence-electron chi connectivity index (χ4n) is 4.37. The van der Waals surface area contributed by atoms with E-state index in [1.54, 1.807) is 0 Å². The topological polar surface area (TPSA) is 6.48 Å². The number of hydrogen-bond donors (Lipinski definition) is 0. The largest absolute Gasteiger partial charge is 0.378 e. The first-order valence-corrected chi connectivity index (χ1v) is 10.2. The number of benzene rings is 1. The monoisotopic (exact) mass is 330 g/mol. The van der Waals surface area contributed by atoms with E-state index in [2.05, 4.69) is 28.9 Å². The third-order valence-electron chi connectivity index (χ3n) is 5.73. The molecule has 0 bridgehead atoms. The zero-order chi connectivity index (χ0) is 17.2. The molecular weight excluding hydrogens is 292 g/mol. The van der Waals surface area contributed by atoms with Gasteiger partial charge in [0.25, 0.3) is 0 Å². The fourth-order valence-corrected chi connectivity index (χ4v) is 4.37. The predicted molar refractivity (Wildman–Crippen MR) is 107 cm³/mol. The molecule has 2 aliphatic carbocycles. The van der Waals surface area contributed by atoms with Gasteiger partial charge in [0.2, 0.25) is 0 Å². The Labute approximate surface area is 150 Å². The van der Waals surface area contributed by atoms with Crippen molar-refractivity contribution in [2.75, 3.05) is 25.5 Å². The van der Waals surface area contributed by atoms with E-state index in [1.807, 2.05) is 32.3 Å². The van der Waals surface area contributed by atoms with E-state index in [0.29, 0.717) is 0 Å². The van der Waals surface area contributed by atoms with E-state index in [9.17, 15) is 0 Å². The minimum absolute atomic E-state index is 0.937. The Morgan fingerprint density at radius 1 is 0.750 bits per heavy atom. The minimum atomic E-state index is 0.937. The summed E-state index contributed by atoms with van der Waals surface area (Å²) in [4.78, 5) is 4.93. The highest BCUT2D eigenvalue weighted by Crippen LogP contribution is 2.29. The molecule has 2 fully saturated rings. The van der Waals surface area contributed by atoms with Gasteiger partial charge in [-0.3, -0.25) is 4.90 Å². The lowest BCUT2D eigenvalue weighted by Gasteiger charge is -2.41. The van der Waals surface area contributed by atoms with Crippen LogP contribution >= 0.6 is 0 Å². The highest BCUT2D eigenvalue weighted by Gasteiger charge is 2.27. The number of nitrogens with zero attached hydrogens (tertiary/aromatic N) is 2. The molecule has 0 aromatic heterocycles. The fraction of sp³-hybridized carbons (Fsp3) is 0.727. The molecule has 0 atom stereocenters. The van der Waals surface area contributed by atoms with E-state index in [1.165, 1.54) is 76.4 Å². The second-order valence-corrected chi connectivity index (χ2v) is 7.64. The number of para-hydroxylation sites is 1. The molecule has 0 amide bonds. The molecule has 1 aromatic carbocycles. The first-order valence-electron chi connectivity index (χ1n) is 10.2. The maximum Gasteiger partial charge on any atom is 0.0360 e. The van der Waals surface area contributed by atoms with Crippen molar-refractivity contribution in [2.24, 2.45) is 0 Å². The van der Waals surface area contributed by atoms with Gasteiger partial charge in [-0.05, 0) is 44.4 Å². The summed E-state index contributed by atoms with van der Waals surface area (Å²) < 4.78 is 0. The zero-order valence-electron chi connectivity index (χ0n) is 16.2. The summed E-state index contributed by atoms with van der Waals surface area (Å²) in [5, 5.41) is 0. The van der Waals surface area contributed by atoms with Crippen LogP contribution in [0, 0.1) is 0 Å². The number of hydrogen-bond acceptors (Lipinski definition) is 2. The minimum Gasteiger partial charge on any atom is -0.378 e. The summed E-state index contributed by atoms with van der Waals surface area (Å²) in [5.74, 6) is 0. The Morgan fingerprint density at radius 3 is 1.54 bits per heavy atom. The van der Waals surface area contributed by atoms with Crippen LogP contribution in [0.4, 0.5) is 5.69 Å². The van der Waals surface area contributed by atoms with Crippen LogP contribution < -0.4 is 4.90 Å². The molecular formula is C22H38N2. The van der Waals surface area contributed by atoms with Crippen molar-refractivity contribution in [3.8, 4) is 0 Å². The van der Waals surface area contributed by atoms with Gasteiger partial charge in [0, 0.05) is 31.9 Å². The molecule has 136 valence electrons. The Morgan fingerprint density at radius 2 is 1.21 bits per heavy atom. The summed E-state index contributed by atoms with van der Waals surface area (Å²) in [5.41, 5.74) is 1.25. The SMILES string of the molecule is CCN(C1CCCCC1)C1CCCCC1.CN(C)c1ccccc1. The first-order chi connectivity index (χ1) is 11.7. The molecule has 1 aromatic rings. The molecule has 24 heavy (non-hydrogen) atoms. The van der Waals surface area contributed by atoms with Crippen molar-refractivity contribution in [3.63, 3.8) is 0 Å². The lowest BCUT2D eigenvalue weighted by molar-refractivity contribution is 0.0869. The van der Waals surface area contributed by atoms with Gasteiger partial charge in [0.15, 0.2) is 0 Å². The first kappa shape index (κ1) is 19.3. The van der Waals surface area contributed by atoms with Crippen LogP contribution in [-0.4, -0.2) is 37.6 Å². The van der Waals surface area contributed by atoms with Crippen molar-refractivity contribution < 1.29 is 0 Å². The van der Waals surface area contributed by atoms with Crippen molar-refractivity contribution in [2.45, 2.75) is 83.2 Å². The van der Waals surface area contributed by atoms with Gasteiger partial charge in [-0.1, -0.05) is 63.6 Å². The highest BCUT2D eigenvalue weighted by molar-refractivity contribution is 5.43. The summed E-state index contributed by atoms with van der Waals surface area (Å²) in [6, 6.07) is 12.1. The predicted octanol–water partition coefficient (Wildman–Crippen LogP) is 5.73. The van der Waals surface area contributed by atoms with Crippen molar-refractivity contribution in [1.82, 2.24) is 4.90 Å². The molecule has 0 radical (unpaired) electrons. The molecule has 0 aliphatic heterocycles. The van der Waals surface area contributed by atoms with Gasteiger partial charge < -0.3 is 4.90 Å². The molecule has 2 aliphatic rings. The van der Waals surface area contributed by atoms with Gasteiger partial charge in [-0.2, -0.15) is 0 Å². The molecule has 0 unspecified atom stereocenters. The van der Waals surface area contributed by atoms with Crippen LogP contribution in [0.3, 0.4) is 0 Å². The molecule has 2 nitrogen and oxygen atoms in total. The van der Waals surface area contributed by atoms with Gasteiger partial charge in [-0.15, -0.1) is 0 Å². The lowest BCUT2D eigenvalue weighted by Crippen LogP contribution is -2.44. The average molecular weight is 331 g/mol. The standard InChI is InChI=1S/C14H27N.C8H11N/c1-2-15(13-9-5-3-6-10-13)14-11-7-4-8-12-14;1-9(2)8-6-4-3-5-7-8/h13-14H,2-12H2,1H3;3-7H,1-2H3. The quantitative estimate of drug-likeness (QED) is 0.696.